The van der Waals surface area contributed by atoms with Crippen molar-refractivity contribution in [3.63, 3.8) is 0 Å². The van der Waals surface area contributed by atoms with Crippen LogP contribution in [0.15, 0.2) is 18.2 Å². The minimum absolute atomic E-state index is 0.0748. The molecule has 0 aromatic heterocycles. The van der Waals surface area contributed by atoms with Gasteiger partial charge in [-0.25, -0.2) is 4.52 Å². The fourth-order valence-electron chi connectivity index (χ4n) is 1.98. The third-order valence-electron chi connectivity index (χ3n) is 3.11. The maximum absolute atomic E-state index is 11.8. The lowest BCUT2D eigenvalue weighted by Gasteiger charge is -2.07. The molecule has 3 unspecified atom stereocenters. The molecule has 2 aliphatic heterocycles. The predicted octanol–water partition coefficient (Wildman–Crippen LogP) is 3.34. The smallest absolute Gasteiger partial charge is 0.454 e. The SMILES string of the molecule is CCC1CSC(CO[P+](=O)Oc2ccc3c(c2)OCO3)O1. The Balaban J connectivity index is 1.46. The first-order valence-corrected chi connectivity index (χ1v) is 8.84. The van der Waals surface area contributed by atoms with Gasteiger partial charge >= 0.3 is 8.25 Å². The molecule has 114 valence electrons. The number of benzene rings is 1. The van der Waals surface area contributed by atoms with Gasteiger partial charge in [0, 0.05) is 16.4 Å². The molecule has 3 atom stereocenters. The second-order valence-electron chi connectivity index (χ2n) is 4.55. The molecule has 3 rings (SSSR count). The standard InChI is InChI=1S/C13H16O6PS/c1-2-9-7-21-13(18-9)6-17-20(14)19-10-3-4-11-12(5-10)16-8-15-11/h3-5,9,13H,2,6-8H2,1H3/q+1. The number of hydrogen-bond donors (Lipinski definition) is 0. The van der Waals surface area contributed by atoms with E-state index < -0.39 is 8.25 Å². The van der Waals surface area contributed by atoms with Crippen LogP contribution in [0.2, 0.25) is 0 Å². The van der Waals surface area contributed by atoms with E-state index in [-0.39, 0.29) is 24.9 Å². The number of thioether (sulfide) groups is 1. The lowest BCUT2D eigenvalue weighted by molar-refractivity contribution is 0.0389. The van der Waals surface area contributed by atoms with Gasteiger partial charge in [-0.15, -0.1) is 16.3 Å². The van der Waals surface area contributed by atoms with E-state index in [1.54, 1.807) is 30.0 Å². The summed E-state index contributed by atoms with van der Waals surface area (Å²) in [5.74, 6) is 2.60. The molecule has 8 heteroatoms. The first kappa shape index (κ1) is 14.9. The van der Waals surface area contributed by atoms with Crippen LogP contribution in [0.5, 0.6) is 17.2 Å². The predicted molar refractivity (Wildman–Crippen MR) is 78.2 cm³/mol. The highest BCUT2D eigenvalue weighted by atomic mass is 32.2. The van der Waals surface area contributed by atoms with Crippen LogP contribution >= 0.6 is 20.0 Å². The average molecular weight is 331 g/mol. The summed E-state index contributed by atoms with van der Waals surface area (Å²) in [5, 5.41) is 0. The van der Waals surface area contributed by atoms with Crippen LogP contribution in [0.1, 0.15) is 13.3 Å². The summed E-state index contributed by atoms with van der Waals surface area (Å²) in [4.78, 5) is 0. The molecule has 6 nitrogen and oxygen atoms in total. The Kier molecular flexibility index (Phi) is 4.85. The highest BCUT2D eigenvalue weighted by molar-refractivity contribution is 8.00. The van der Waals surface area contributed by atoms with Gasteiger partial charge in [-0.3, -0.25) is 0 Å². The molecule has 0 amide bonds. The van der Waals surface area contributed by atoms with E-state index in [1.807, 2.05) is 0 Å². The van der Waals surface area contributed by atoms with E-state index >= 15 is 0 Å². The molecule has 1 aromatic rings. The molecule has 0 bridgehead atoms. The van der Waals surface area contributed by atoms with E-state index in [0.29, 0.717) is 17.2 Å². The lowest BCUT2D eigenvalue weighted by Crippen LogP contribution is -2.14. The zero-order valence-electron chi connectivity index (χ0n) is 11.5. The minimum Gasteiger partial charge on any atom is -0.454 e. The van der Waals surface area contributed by atoms with Crippen molar-refractivity contribution in [2.45, 2.75) is 24.9 Å². The summed E-state index contributed by atoms with van der Waals surface area (Å²) < 4.78 is 38.3. The molecular weight excluding hydrogens is 315 g/mol. The van der Waals surface area contributed by atoms with Gasteiger partial charge in [0.1, 0.15) is 12.0 Å². The summed E-state index contributed by atoms with van der Waals surface area (Å²) in [6, 6.07) is 5.01. The van der Waals surface area contributed by atoms with E-state index in [4.69, 9.17) is 23.3 Å². The Morgan fingerprint density at radius 3 is 3.05 bits per heavy atom. The highest BCUT2D eigenvalue weighted by Gasteiger charge is 2.31. The van der Waals surface area contributed by atoms with Crippen LogP contribution in [-0.2, 0) is 13.8 Å². The highest BCUT2D eigenvalue weighted by Crippen LogP contribution is 2.38. The van der Waals surface area contributed by atoms with Crippen LogP contribution in [0, 0.1) is 0 Å². The molecule has 2 aliphatic rings. The lowest BCUT2D eigenvalue weighted by atomic mass is 10.3. The van der Waals surface area contributed by atoms with E-state index in [2.05, 4.69) is 6.92 Å². The van der Waals surface area contributed by atoms with Crippen molar-refractivity contribution in [2.24, 2.45) is 0 Å². The summed E-state index contributed by atoms with van der Waals surface area (Å²) in [6.45, 7) is 2.52. The Hall–Kier alpha value is -1.01. The molecule has 21 heavy (non-hydrogen) atoms. The molecule has 1 aromatic carbocycles. The van der Waals surface area contributed by atoms with E-state index in [9.17, 15) is 4.57 Å². The maximum atomic E-state index is 11.8. The van der Waals surface area contributed by atoms with Crippen molar-refractivity contribution in [1.29, 1.82) is 0 Å². The van der Waals surface area contributed by atoms with Gasteiger partial charge in [-0.1, -0.05) is 6.92 Å². The fourth-order valence-corrected chi connectivity index (χ4v) is 3.82. The third-order valence-corrected chi connectivity index (χ3v) is 5.01. The van der Waals surface area contributed by atoms with Gasteiger partial charge in [0.2, 0.25) is 6.79 Å². The van der Waals surface area contributed by atoms with Crippen molar-refractivity contribution in [1.82, 2.24) is 0 Å². The van der Waals surface area contributed by atoms with Crippen molar-refractivity contribution in [3.8, 4) is 17.2 Å². The molecule has 0 aliphatic carbocycles. The Labute approximate surface area is 128 Å². The minimum atomic E-state index is -2.24. The molecule has 2 heterocycles. The molecule has 0 N–H and O–H groups in total. The summed E-state index contributed by atoms with van der Waals surface area (Å²) in [5.41, 5.74) is -0.0748. The molecular formula is C13H16O6PS+. The van der Waals surface area contributed by atoms with E-state index in [0.717, 1.165) is 12.2 Å². The van der Waals surface area contributed by atoms with E-state index in [1.165, 1.54) is 0 Å². The van der Waals surface area contributed by atoms with Crippen LogP contribution in [0.4, 0.5) is 0 Å². The monoisotopic (exact) mass is 331 g/mol. The zero-order chi connectivity index (χ0) is 14.7. The maximum Gasteiger partial charge on any atom is 0.750 e. The molecule has 0 spiro atoms. The van der Waals surface area contributed by atoms with Gasteiger partial charge in [0.25, 0.3) is 0 Å². The van der Waals surface area contributed by atoms with Gasteiger partial charge in [-0.2, -0.15) is 0 Å². The Bertz CT molecular complexity index is 525. The molecule has 1 fully saturated rings. The Morgan fingerprint density at radius 2 is 2.24 bits per heavy atom. The molecule has 0 saturated carbocycles. The van der Waals surface area contributed by atoms with Gasteiger partial charge in [-0.05, 0) is 18.6 Å². The topological polar surface area (TPSA) is 63.2 Å². The first-order chi connectivity index (χ1) is 10.2. The fraction of sp³-hybridized carbons (Fsp3) is 0.538. The van der Waals surface area contributed by atoms with Crippen molar-refractivity contribution in [2.75, 3.05) is 19.2 Å². The second-order valence-corrected chi connectivity index (χ2v) is 6.64. The van der Waals surface area contributed by atoms with Gasteiger partial charge in [0.15, 0.2) is 17.2 Å². The average Bonchev–Trinajstić information content (AvgIpc) is 3.13. The van der Waals surface area contributed by atoms with Gasteiger partial charge < -0.3 is 14.2 Å². The Morgan fingerprint density at radius 1 is 1.38 bits per heavy atom. The first-order valence-electron chi connectivity index (χ1n) is 6.69. The largest absolute Gasteiger partial charge is 0.750 e. The normalized spacial score (nSPS) is 24.1. The quantitative estimate of drug-likeness (QED) is 0.741. The molecule has 1 saturated heterocycles. The number of hydrogen-bond acceptors (Lipinski definition) is 7. The second kappa shape index (κ2) is 6.83. The van der Waals surface area contributed by atoms with Crippen LogP contribution in [-0.4, -0.2) is 30.7 Å². The van der Waals surface area contributed by atoms with Crippen molar-refractivity contribution in [3.05, 3.63) is 18.2 Å². The summed E-state index contributed by atoms with van der Waals surface area (Å²) >= 11 is 1.67. The van der Waals surface area contributed by atoms with Gasteiger partial charge in [0.05, 0.1) is 6.10 Å². The number of ether oxygens (including phenoxy) is 3. The van der Waals surface area contributed by atoms with Crippen LogP contribution in [0.25, 0.3) is 0 Å². The summed E-state index contributed by atoms with van der Waals surface area (Å²) in [6.07, 6.45) is 1.24. The third kappa shape index (κ3) is 3.80. The number of fused-ring (bicyclic) bond motifs is 1. The van der Waals surface area contributed by atoms with Crippen LogP contribution in [0.3, 0.4) is 0 Å². The number of rotatable bonds is 6. The summed E-state index contributed by atoms with van der Waals surface area (Å²) in [7, 11) is -2.24. The molecule has 0 radical (unpaired) electrons. The zero-order valence-corrected chi connectivity index (χ0v) is 13.2. The van der Waals surface area contributed by atoms with Crippen LogP contribution < -0.4 is 14.0 Å². The van der Waals surface area contributed by atoms with Crippen molar-refractivity contribution >= 4 is 20.0 Å². The van der Waals surface area contributed by atoms with Crippen molar-refractivity contribution < 1.29 is 27.8 Å².